The molecule has 0 aliphatic carbocycles. The van der Waals surface area contributed by atoms with Crippen molar-refractivity contribution in [3.8, 4) is 5.75 Å². The van der Waals surface area contributed by atoms with Crippen LogP contribution in [-0.4, -0.2) is 0 Å². The minimum absolute atomic E-state index is 0.214. The second-order valence-electron chi connectivity index (χ2n) is 4.10. The van der Waals surface area contributed by atoms with E-state index in [4.69, 9.17) is 10.5 Å². The summed E-state index contributed by atoms with van der Waals surface area (Å²) in [5.74, 6) is -0.128. The number of hydrogen-bond acceptors (Lipinski definition) is 2. The molecule has 94 valence electrons. The average molecular weight is 245 g/mol. The van der Waals surface area contributed by atoms with Crippen LogP contribution in [0, 0.1) is 5.82 Å². The molecule has 0 fully saturated rings. The molecule has 2 nitrogen and oxygen atoms in total. The first-order valence-corrected chi connectivity index (χ1v) is 5.91. The summed E-state index contributed by atoms with van der Waals surface area (Å²) in [6.07, 6.45) is -0.214. The van der Waals surface area contributed by atoms with Crippen LogP contribution in [-0.2, 0) is 6.54 Å². The molecule has 1 unspecified atom stereocenters. The molecule has 2 aromatic rings. The number of halogens is 1. The predicted octanol–water partition coefficient (Wildman–Crippen LogP) is 3.42. The van der Waals surface area contributed by atoms with Crippen molar-refractivity contribution in [2.45, 2.75) is 19.6 Å². The average Bonchev–Trinajstić information content (AvgIpc) is 2.42. The summed E-state index contributed by atoms with van der Waals surface area (Å²) in [6, 6.07) is 14.5. The van der Waals surface area contributed by atoms with Crippen molar-refractivity contribution in [2.75, 3.05) is 0 Å². The Labute approximate surface area is 106 Å². The standard InChI is InChI=1S/C15H16FNO/c1-11(12-6-3-2-4-7-12)18-15-13(10-17)8-5-9-14(15)16/h2-9,11H,10,17H2,1H3. The van der Waals surface area contributed by atoms with Crippen molar-refractivity contribution in [3.05, 3.63) is 65.5 Å². The maximum absolute atomic E-state index is 13.7. The van der Waals surface area contributed by atoms with Crippen molar-refractivity contribution in [1.82, 2.24) is 0 Å². The molecular formula is C15H16FNO. The number of rotatable bonds is 4. The first-order chi connectivity index (χ1) is 8.72. The zero-order valence-electron chi connectivity index (χ0n) is 10.3. The minimum Gasteiger partial charge on any atom is -0.483 e. The smallest absolute Gasteiger partial charge is 0.165 e. The molecule has 0 spiro atoms. The quantitative estimate of drug-likeness (QED) is 0.895. The highest BCUT2D eigenvalue weighted by Crippen LogP contribution is 2.27. The van der Waals surface area contributed by atoms with Gasteiger partial charge in [-0.1, -0.05) is 42.5 Å². The van der Waals surface area contributed by atoms with E-state index in [2.05, 4.69) is 0 Å². The summed E-state index contributed by atoms with van der Waals surface area (Å²) in [4.78, 5) is 0. The fraction of sp³-hybridized carbons (Fsp3) is 0.200. The van der Waals surface area contributed by atoms with E-state index in [1.54, 1.807) is 12.1 Å². The van der Waals surface area contributed by atoms with Gasteiger partial charge in [0.15, 0.2) is 11.6 Å². The minimum atomic E-state index is -0.374. The van der Waals surface area contributed by atoms with Crippen LogP contribution in [0.2, 0.25) is 0 Å². The Balaban J connectivity index is 2.24. The Morgan fingerprint density at radius 1 is 1.11 bits per heavy atom. The highest BCUT2D eigenvalue weighted by Gasteiger charge is 2.13. The molecule has 0 aromatic heterocycles. The van der Waals surface area contributed by atoms with Gasteiger partial charge in [0.25, 0.3) is 0 Å². The van der Waals surface area contributed by atoms with Crippen molar-refractivity contribution in [1.29, 1.82) is 0 Å². The summed E-state index contributed by atoms with van der Waals surface area (Å²) >= 11 is 0. The number of nitrogens with two attached hydrogens (primary N) is 1. The lowest BCUT2D eigenvalue weighted by atomic mass is 10.1. The first kappa shape index (κ1) is 12.6. The monoisotopic (exact) mass is 245 g/mol. The second-order valence-corrected chi connectivity index (χ2v) is 4.10. The van der Waals surface area contributed by atoms with E-state index in [1.165, 1.54) is 6.07 Å². The summed E-state index contributed by atoms with van der Waals surface area (Å²) in [5, 5.41) is 0. The van der Waals surface area contributed by atoms with Crippen molar-refractivity contribution >= 4 is 0 Å². The largest absolute Gasteiger partial charge is 0.483 e. The molecule has 0 saturated heterocycles. The fourth-order valence-electron chi connectivity index (χ4n) is 1.82. The van der Waals surface area contributed by atoms with Crippen LogP contribution in [0.4, 0.5) is 4.39 Å². The number of hydrogen-bond donors (Lipinski definition) is 1. The van der Waals surface area contributed by atoms with Crippen LogP contribution in [0.1, 0.15) is 24.2 Å². The van der Waals surface area contributed by atoms with E-state index in [0.29, 0.717) is 5.56 Å². The Kier molecular flexibility index (Phi) is 3.95. The zero-order chi connectivity index (χ0) is 13.0. The van der Waals surface area contributed by atoms with Crippen molar-refractivity contribution in [3.63, 3.8) is 0 Å². The van der Waals surface area contributed by atoms with Gasteiger partial charge in [-0.3, -0.25) is 0 Å². The lowest BCUT2D eigenvalue weighted by Gasteiger charge is -2.17. The predicted molar refractivity (Wildman–Crippen MR) is 69.8 cm³/mol. The third-order valence-corrected chi connectivity index (χ3v) is 2.83. The van der Waals surface area contributed by atoms with E-state index in [1.807, 2.05) is 37.3 Å². The topological polar surface area (TPSA) is 35.2 Å². The molecule has 2 rings (SSSR count). The Morgan fingerprint density at radius 2 is 1.83 bits per heavy atom. The van der Waals surface area contributed by atoms with Crippen molar-refractivity contribution < 1.29 is 9.13 Å². The molecule has 0 amide bonds. The second kappa shape index (κ2) is 5.65. The Hall–Kier alpha value is -1.87. The molecule has 1 atom stereocenters. The van der Waals surface area contributed by atoms with Gasteiger partial charge in [-0.2, -0.15) is 0 Å². The van der Waals surface area contributed by atoms with Gasteiger partial charge in [-0.25, -0.2) is 4.39 Å². The molecular weight excluding hydrogens is 229 g/mol. The van der Waals surface area contributed by atoms with Gasteiger partial charge in [0.2, 0.25) is 0 Å². The van der Waals surface area contributed by atoms with Gasteiger partial charge in [0, 0.05) is 12.1 Å². The van der Waals surface area contributed by atoms with Gasteiger partial charge < -0.3 is 10.5 Å². The number of benzene rings is 2. The SMILES string of the molecule is CC(Oc1c(F)cccc1CN)c1ccccc1. The Bertz CT molecular complexity index is 513. The molecule has 0 aliphatic rings. The van der Waals surface area contributed by atoms with Crippen LogP contribution in [0.25, 0.3) is 0 Å². The third kappa shape index (κ3) is 2.68. The van der Waals surface area contributed by atoms with Gasteiger partial charge in [0.05, 0.1) is 0 Å². The highest BCUT2D eigenvalue weighted by molar-refractivity contribution is 5.35. The number of para-hydroxylation sites is 1. The molecule has 0 heterocycles. The van der Waals surface area contributed by atoms with E-state index in [0.717, 1.165) is 5.56 Å². The molecule has 0 radical (unpaired) electrons. The molecule has 0 bridgehead atoms. The molecule has 0 saturated carbocycles. The van der Waals surface area contributed by atoms with Crippen LogP contribution in [0.5, 0.6) is 5.75 Å². The molecule has 2 aromatic carbocycles. The molecule has 2 N–H and O–H groups in total. The summed E-state index contributed by atoms with van der Waals surface area (Å²) < 4.78 is 19.4. The van der Waals surface area contributed by atoms with Gasteiger partial charge in [-0.05, 0) is 18.6 Å². The fourth-order valence-corrected chi connectivity index (χ4v) is 1.82. The molecule has 0 aliphatic heterocycles. The van der Waals surface area contributed by atoms with Crippen molar-refractivity contribution in [2.24, 2.45) is 5.73 Å². The van der Waals surface area contributed by atoms with Crippen LogP contribution in [0.15, 0.2) is 48.5 Å². The molecule has 3 heteroatoms. The van der Waals surface area contributed by atoms with E-state index >= 15 is 0 Å². The highest BCUT2D eigenvalue weighted by atomic mass is 19.1. The van der Waals surface area contributed by atoms with Gasteiger partial charge in [0.1, 0.15) is 6.10 Å². The Morgan fingerprint density at radius 3 is 2.50 bits per heavy atom. The van der Waals surface area contributed by atoms with E-state index in [9.17, 15) is 4.39 Å². The number of ether oxygens (including phenoxy) is 1. The lowest BCUT2D eigenvalue weighted by Crippen LogP contribution is -2.08. The summed E-state index contributed by atoms with van der Waals surface area (Å²) in [6.45, 7) is 2.15. The van der Waals surface area contributed by atoms with E-state index in [-0.39, 0.29) is 24.2 Å². The lowest BCUT2D eigenvalue weighted by molar-refractivity contribution is 0.214. The maximum atomic E-state index is 13.7. The van der Waals surface area contributed by atoms with Crippen LogP contribution in [0.3, 0.4) is 0 Å². The normalized spacial score (nSPS) is 12.2. The first-order valence-electron chi connectivity index (χ1n) is 5.91. The zero-order valence-corrected chi connectivity index (χ0v) is 10.3. The summed E-state index contributed by atoms with van der Waals surface area (Å²) in [7, 11) is 0. The summed E-state index contributed by atoms with van der Waals surface area (Å²) in [5.41, 5.74) is 7.27. The van der Waals surface area contributed by atoms with Gasteiger partial charge in [-0.15, -0.1) is 0 Å². The maximum Gasteiger partial charge on any atom is 0.165 e. The van der Waals surface area contributed by atoms with E-state index < -0.39 is 0 Å². The van der Waals surface area contributed by atoms with Crippen LogP contribution < -0.4 is 10.5 Å². The van der Waals surface area contributed by atoms with Crippen LogP contribution >= 0.6 is 0 Å². The third-order valence-electron chi connectivity index (χ3n) is 2.83. The van der Waals surface area contributed by atoms with Gasteiger partial charge >= 0.3 is 0 Å². The molecule has 18 heavy (non-hydrogen) atoms.